The molecule has 0 radical (unpaired) electrons. The van der Waals surface area contributed by atoms with Gasteiger partial charge in [0.05, 0.1) is 13.2 Å². The molecule has 1 aromatic heterocycles. The third-order valence-corrected chi connectivity index (χ3v) is 2.69. The summed E-state index contributed by atoms with van der Waals surface area (Å²) in [5, 5.41) is 0. The highest BCUT2D eigenvalue weighted by molar-refractivity contribution is 5.77. The topological polar surface area (TPSA) is 38.5 Å². The Morgan fingerprint density at radius 2 is 2.07 bits per heavy atom. The summed E-state index contributed by atoms with van der Waals surface area (Å²) in [6.07, 6.45) is 1.48. The maximum atomic E-state index is 5.32. The van der Waals surface area contributed by atoms with Gasteiger partial charge in [-0.3, -0.25) is 0 Å². The zero-order valence-electron chi connectivity index (χ0n) is 8.35. The van der Waals surface area contributed by atoms with Gasteiger partial charge in [-0.2, -0.15) is 0 Å². The second kappa shape index (κ2) is 3.55. The molecule has 2 aromatic rings. The lowest BCUT2D eigenvalue weighted by atomic mass is 10.2. The van der Waals surface area contributed by atoms with Gasteiger partial charge < -0.3 is 14.1 Å². The van der Waals surface area contributed by atoms with E-state index in [1.807, 2.05) is 6.07 Å². The van der Waals surface area contributed by atoms with Crippen molar-refractivity contribution in [3.8, 4) is 0 Å². The molecule has 1 aliphatic rings. The van der Waals surface area contributed by atoms with Crippen LogP contribution in [0.3, 0.4) is 0 Å². The molecule has 4 nitrogen and oxygen atoms in total. The van der Waals surface area contributed by atoms with E-state index in [0.717, 1.165) is 37.4 Å². The molecule has 0 saturated carbocycles. The van der Waals surface area contributed by atoms with Crippen molar-refractivity contribution in [2.45, 2.75) is 0 Å². The molecular formula is C11H12N2O2. The van der Waals surface area contributed by atoms with E-state index < -0.39 is 0 Å². The van der Waals surface area contributed by atoms with Crippen LogP contribution in [0.4, 0.5) is 5.69 Å². The van der Waals surface area contributed by atoms with E-state index in [2.05, 4.69) is 22.0 Å². The first-order valence-corrected chi connectivity index (χ1v) is 5.09. The van der Waals surface area contributed by atoms with Crippen LogP contribution in [0.5, 0.6) is 0 Å². The maximum Gasteiger partial charge on any atom is 0.181 e. The number of rotatable bonds is 1. The van der Waals surface area contributed by atoms with Crippen LogP contribution in [-0.4, -0.2) is 31.3 Å². The summed E-state index contributed by atoms with van der Waals surface area (Å²) in [4.78, 5) is 6.45. The molecule has 0 spiro atoms. The first kappa shape index (κ1) is 8.73. The summed E-state index contributed by atoms with van der Waals surface area (Å²) in [5.41, 5.74) is 2.95. The summed E-state index contributed by atoms with van der Waals surface area (Å²) in [6, 6.07) is 6.09. The van der Waals surface area contributed by atoms with Crippen molar-refractivity contribution in [2.75, 3.05) is 31.2 Å². The molecule has 0 N–H and O–H groups in total. The highest BCUT2D eigenvalue weighted by atomic mass is 16.5. The number of benzene rings is 1. The van der Waals surface area contributed by atoms with Crippen LogP contribution in [0.2, 0.25) is 0 Å². The number of aromatic nitrogens is 1. The Balaban J connectivity index is 1.95. The molecule has 1 saturated heterocycles. The van der Waals surface area contributed by atoms with Crippen molar-refractivity contribution < 1.29 is 9.15 Å². The lowest BCUT2D eigenvalue weighted by Crippen LogP contribution is -2.36. The summed E-state index contributed by atoms with van der Waals surface area (Å²) in [6.45, 7) is 3.50. The van der Waals surface area contributed by atoms with Gasteiger partial charge >= 0.3 is 0 Å². The lowest BCUT2D eigenvalue weighted by Gasteiger charge is -2.28. The molecule has 0 bridgehead atoms. The summed E-state index contributed by atoms with van der Waals surface area (Å²) >= 11 is 0. The Morgan fingerprint density at radius 1 is 1.20 bits per heavy atom. The maximum absolute atomic E-state index is 5.32. The highest BCUT2D eigenvalue weighted by Gasteiger charge is 2.11. The highest BCUT2D eigenvalue weighted by Crippen LogP contribution is 2.21. The van der Waals surface area contributed by atoms with Crippen LogP contribution in [0.15, 0.2) is 29.0 Å². The number of anilines is 1. The molecule has 78 valence electrons. The van der Waals surface area contributed by atoms with Gasteiger partial charge in [0.1, 0.15) is 5.52 Å². The average molecular weight is 204 g/mol. The summed E-state index contributed by atoms with van der Waals surface area (Å²) in [7, 11) is 0. The van der Waals surface area contributed by atoms with Gasteiger partial charge in [-0.25, -0.2) is 4.98 Å². The number of ether oxygens (including phenoxy) is 1. The Kier molecular flexibility index (Phi) is 2.07. The third-order valence-electron chi connectivity index (χ3n) is 2.69. The largest absolute Gasteiger partial charge is 0.443 e. The molecule has 0 aliphatic carbocycles. The Hall–Kier alpha value is -1.55. The van der Waals surface area contributed by atoms with E-state index in [9.17, 15) is 0 Å². The zero-order valence-corrected chi connectivity index (χ0v) is 8.35. The van der Waals surface area contributed by atoms with Gasteiger partial charge in [0, 0.05) is 18.8 Å². The minimum Gasteiger partial charge on any atom is -0.443 e. The van der Waals surface area contributed by atoms with Gasteiger partial charge in [0.25, 0.3) is 0 Å². The predicted octanol–water partition coefficient (Wildman–Crippen LogP) is 1.66. The van der Waals surface area contributed by atoms with Crippen molar-refractivity contribution in [2.24, 2.45) is 0 Å². The standard InChI is InChI=1S/C11H12N2O2/c1-2-11-10(12-8-15-11)7-9(1)13-3-5-14-6-4-13/h1-2,7-8H,3-6H2. The van der Waals surface area contributed by atoms with Crippen molar-refractivity contribution >= 4 is 16.8 Å². The quantitative estimate of drug-likeness (QED) is 0.708. The van der Waals surface area contributed by atoms with Crippen molar-refractivity contribution in [1.82, 2.24) is 4.98 Å². The van der Waals surface area contributed by atoms with Crippen molar-refractivity contribution in [3.63, 3.8) is 0 Å². The van der Waals surface area contributed by atoms with E-state index >= 15 is 0 Å². The fourth-order valence-electron chi connectivity index (χ4n) is 1.86. The molecule has 0 amide bonds. The molecule has 2 heterocycles. The second-order valence-electron chi connectivity index (χ2n) is 3.60. The fraction of sp³-hybridized carbons (Fsp3) is 0.364. The molecular weight excluding hydrogens is 192 g/mol. The van der Waals surface area contributed by atoms with Crippen LogP contribution in [0.25, 0.3) is 11.1 Å². The summed E-state index contributed by atoms with van der Waals surface area (Å²) in [5.74, 6) is 0. The number of morpholine rings is 1. The van der Waals surface area contributed by atoms with E-state index in [0.29, 0.717) is 0 Å². The summed E-state index contributed by atoms with van der Waals surface area (Å²) < 4.78 is 10.5. The molecule has 4 heteroatoms. The average Bonchev–Trinajstić information content (AvgIpc) is 2.77. The number of hydrogen-bond donors (Lipinski definition) is 0. The Morgan fingerprint density at radius 3 is 2.93 bits per heavy atom. The monoisotopic (exact) mass is 204 g/mol. The van der Waals surface area contributed by atoms with Crippen LogP contribution >= 0.6 is 0 Å². The number of hydrogen-bond acceptors (Lipinski definition) is 4. The van der Waals surface area contributed by atoms with Crippen LogP contribution < -0.4 is 4.90 Å². The normalized spacial score (nSPS) is 17.2. The number of nitrogens with zero attached hydrogens (tertiary/aromatic N) is 2. The van der Waals surface area contributed by atoms with Crippen LogP contribution in [0.1, 0.15) is 0 Å². The first-order valence-electron chi connectivity index (χ1n) is 5.09. The third kappa shape index (κ3) is 1.57. The minimum absolute atomic E-state index is 0.802. The zero-order chi connectivity index (χ0) is 10.1. The van der Waals surface area contributed by atoms with Crippen molar-refractivity contribution in [1.29, 1.82) is 0 Å². The first-order chi connectivity index (χ1) is 7.43. The van der Waals surface area contributed by atoms with E-state index in [1.165, 1.54) is 12.1 Å². The SMILES string of the molecule is c1nc2cc(N3CCOCC3)ccc2o1. The van der Waals surface area contributed by atoms with Crippen LogP contribution in [-0.2, 0) is 4.74 Å². The van der Waals surface area contributed by atoms with E-state index in [1.54, 1.807) is 0 Å². The minimum atomic E-state index is 0.802. The van der Waals surface area contributed by atoms with Gasteiger partial charge in [0.15, 0.2) is 12.0 Å². The molecule has 1 aliphatic heterocycles. The molecule has 15 heavy (non-hydrogen) atoms. The molecule has 1 aromatic carbocycles. The van der Waals surface area contributed by atoms with Crippen molar-refractivity contribution in [3.05, 3.63) is 24.6 Å². The molecule has 1 fully saturated rings. The molecule has 3 rings (SSSR count). The van der Waals surface area contributed by atoms with Gasteiger partial charge in [-0.15, -0.1) is 0 Å². The molecule has 0 atom stereocenters. The van der Waals surface area contributed by atoms with Gasteiger partial charge in [0.2, 0.25) is 0 Å². The predicted molar refractivity (Wildman–Crippen MR) is 57.0 cm³/mol. The lowest BCUT2D eigenvalue weighted by molar-refractivity contribution is 0.122. The fourth-order valence-corrected chi connectivity index (χ4v) is 1.86. The number of fused-ring (bicyclic) bond motifs is 1. The molecule has 0 unspecified atom stereocenters. The van der Waals surface area contributed by atoms with Gasteiger partial charge in [-0.05, 0) is 18.2 Å². The Bertz CT molecular complexity index is 460. The smallest absolute Gasteiger partial charge is 0.181 e. The van der Waals surface area contributed by atoms with Crippen LogP contribution in [0, 0.1) is 0 Å². The Labute approximate surface area is 87.5 Å². The number of oxazole rings is 1. The van der Waals surface area contributed by atoms with E-state index in [-0.39, 0.29) is 0 Å². The van der Waals surface area contributed by atoms with E-state index in [4.69, 9.17) is 9.15 Å². The second-order valence-corrected chi connectivity index (χ2v) is 3.60. The van der Waals surface area contributed by atoms with Gasteiger partial charge in [-0.1, -0.05) is 0 Å².